The Morgan fingerprint density at radius 2 is 1.88 bits per heavy atom. The second-order valence-corrected chi connectivity index (χ2v) is 4.00. The van der Waals surface area contributed by atoms with E-state index in [1.807, 2.05) is 7.05 Å². The Morgan fingerprint density at radius 1 is 1.19 bits per heavy atom. The number of pyridine rings is 1. The molecule has 90 valence electrons. The highest BCUT2D eigenvalue weighted by Crippen LogP contribution is 2.12. The molecule has 3 nitrogen and oxygen atoms in total. The van der Waals surface area contributed by atoms with E-state index in [1.54, 1.807) is 0 Å². The van der Waals surface area contributed by atoms with Gasteiger partial charge in [-0.15, -0.1) is 0 Å². The molecular weight excluding hydrogens is 198 g/mol. The third kappa shape index (κ3) is 3.81. The average molecular weight is 221 g/mol. The van der Waals surface area contributed by atoms with Gasteiger partial charge in [0.25, 0.3) is 0 Å². The van der Waals surface area contributed by atoms with Gasteiger partial charge >= 0.3 is 0 Å². The summed E-state index contributed by atoms with van der Waals surface area (Å²) in [5.74, 6) is 1.11. The van der Waals surface area contributed by atoms with E-state index in [-0.39, 0.29) is 0 Å². The molecule has 1 aromatic rings. The molecule has 0 saturated heterocycles. The van der Waals surface area contributed by atoms with E-state index in [0.29, 0.717) is 0 Å². The minimum absolute atomic E-state index is 0.833. The van der Waals surface area contributed by atoms with Gasteiger partial charge in [-0.2, -0.15) is 0 Å². The van der Waals surface area contributed by atoms with E-state index in [2.05, 4.69) is 47.2 Å². The summed E-state index contributed by atoms with van der Waals surface area (Å²) in [6, 6.07) is 6.26. The van der Waals surface area contributed by atoms with Crippen LogP contribution in [0.4, 0.5) is 5.82 Å². The summed E-state index contributed by atoms with van der Waals surface area (Å²) in [5.41, 5.74) is 1.11. The molecule has 1 heterocycles. The third-order valence-corrected chi connectivity index (χ3v) is 2.46. The van der Waals surface area contributed by atoms with E-state index in [4.69, 9.17) is 0 Å². The van der Waals surface area contributed by atoms with Crippen LogP contribution in [0, 0.1) is 0 Å². The Bertz CT molecular complexity index is 293. The largest absolute Gasteiger partial charge is 0.357 e. The number of nitrogens with zero attached hydrogens (tertiary/aromatic N) is 2. The Morgan fingerprint density at radius 3 is 2.44 bits per heavy atom. The highest BCUT2D eigenvalue weighted by Gasteiger charge is 2.05. The Labute approximate surface area is 98.9 Å². The molecule has 0 fully saturated rings. The van der Waals surface area contributed by atoms with Crippen LogP contribution in [-0.4, -0.2) is 25.1 Å². The Balaban J connectivity index is 2.77. The van der Waals surface area contributed by atoms with Crippen LogP contribution < -0.4 is 10.2 Å². The highest BCUT2D eigenvalue weighted by atomic mass is 15.2. The van der Waals surface area contributed by atoms with Gasteiger partial charge in [-0.1, -0.05) is 19.9 Å². The molecule has 3 heteroatoms. The molecule has 0 atom stereocenters. The summed E-state index contributed by atoms with van der Waals surface area (Å²) >= 11 is 0. The molecule has 0 radical (unpaired) electrons. The van der Waals surface area contributed by atoms with Gasteiger partial charge in [0, 0.05) is 19.6 Å². The Hall–Kier alpha value is -1.09. The van der Waals surface area contributed by atoms with Crippen molar-refractivity contribution in [3.63, 3.8) is 0 Å². The first-order valence-electron chi connectivity index (χ1n) is 6.17. The zero-order valence-electron chi connectivity index (χ0n) is 10.7. The molecule has 0 aromatic carbocycles. The predicted octanol–water partition coefficient (Wildman–Crippen LogP) is 2.43. The number of hydrogen-bond acceptors (Lipinski definition) is 3. The lowest BCUT2D eigenvalue weighted by Crippen LogP contribution is -2.26. The molecule has 1 aromatic heterocycles. The van der Waals surface area contributed by atoms with Gasteiger partial charge in [-0.3, -0.25) is 0 Å². The third-order valence-electron chi connectivity index (χ3n) is 2.46. The summed E-state index contributed by atoms with van der Waals surface area (Å²) in [6.45, 7) is 7.42. The lowest BCUT2D eigenvalue weighted by atomic mass is 10.3. The first-order valence-corrected chi connectivity index (χ1v) is 6.17. The van der Waals surface area contributed by atoms with Crippen molar-refractivity contribution < 1.29 is 0 Å². The zero-order valence-corrected chi connectivity index (χ0v) is 10.7. The lowest BCUT2D eigenvalue weighted by molar-refractivity contribution is 0.724. The van der Waals surface area contributed by atoms with Crippen LogP contribution in [0.3, 0.4) is 0 Å². The first-order chi connectivity index (χ1) is 7.81. The van der Waals surface area contributed by atoms with Crippen molar-refractivity contribution in [1.29, 1.82) is 0 Å². The van der Waals surface area contributed by atoms with Gasteiger partial charge < -0.3 is 10.2 Å². The molecule has 1 N–H and O–H groups in total. The van der Waals surface area contributed by atoms with Crippen molar-refractivity contribution in [3.8, 4) is 0 Å². The maximum Gasteiger partial charge on any atom is 0.128 e. The van der Waals surface area contributed by atoms with Crippen molar-refractivity contribution in [1.82, 2.24) is 10.3 Å². The van der Waals surface area contributed by atoms with Gasteiger partial charge in [0.15, 0.2) is 0 Å². The number of hydrogen-bond donors (Lipinski definition) is 1. The summed E-state index contributed by atoms with van der Waals surface area (Å²) < 4.78 is 0. The predicted molar refractivity (Wildman–Crippen MR) is 69.8 cm³/mol. The molecule has 0 spiro atoms. The van der Waals surface area contributed by atoms with Crippen LogP contribution in [0.25, 0.3) is 0 Å². The summed E-state index contributed by atoms with van der Waals surface area (Å²) in [6.07, 6.45) is 2.33. The van der Waals surface area contributed by atoms with Crippen molar-refractivity contribution in [2.24, 2.45) is 0 Å². The number of aromatic nitrogens is 1. The van der Waals surface area contributed by atoms with E-state index < -0.39 is 0 Å². The molecule has 0 bridgehead atoms. The SMILES string of the molecule is CCCN(CCC)c1cccc(CNC)n1. The van der Waals surface area contributed by atoms with Gasteiger partial charge in [-0.25, -0.2) is 4.98 Å². The van der Waals surface area contributed by atoms with Gasteiger partial charge in [0.2, 0.25) is 0 Å². The van der Waals surface area contributed by atoms with Crippen LogP contribution in [0.1, 0.15) is 32.4 Å². The minimum atomic E-state index is 0.833. The number of anilines is 1. The van der Waals surface area contributed by atoms with Crippen LogP contribution >= 0.6 is 0 Å². The van der Waals surface area contributed by atoms with E-state index >= 15 is 0 Å². The average Bonchev–Trinajstić information content (AvgIpc) is 2.30. The summed E-state index contributed by atoms with van der Waals surface area (Å²) in [5, 5.41) is 3.13. The van der Waals surface area contributed by atoms with Crippen molar-refractivity contribution in [2.75, 3.05) is 25.0 Å². The van der Waals surface area contributed by atoms with Crippen molar-refractivity contribution in [3.05, 3.63) is 23.9 Å². The Kier molecular flexibility index (Phi) is 5.86. The molecule has 0 unspecified atom stereocenters. The lowest BCUT2D eigenvalue weighted by Gasteiger charge is -2.22. The second-order valence-electron chi connectivity index (χ2n) is 4.00. The molecule has 1 rings (SSSR count). The topological polar surface area (TPSA) is 28.2 Å². The maximum absolute atomic E-state index is 4.66. The molecule has 0 aliphatic carbocycles. The molecule has 0 saturated carbocycles. The molecule has 0 aliphatic rings. The maximum atomic E-state index is 4.66. The summed E-state index contributed by atoms with van der Waals surface area (Å²) in [7, 11) is 1.95. The van der Waals surface area contributed by atoms with E-state index in [1.165, 1.54) is 0 Å². The van der Waals surface area contributed by atoms with Crippen molar-refractivity contribution in [2.45, 2.75) is 33.2 Å². The fraction of sp³-hybridized carbons (Fsp3) is 0.615. The minimum Gasteiger partial charge on any atom is -0.357 e. The zero-order chi connectivity index (χ0) is 11.8. The van der Waals surface area contributed by atoms with Crippen LogP contribution in [0.5, 0.6) is 0 Å². The monoisotopic (exact) mass is 221 g/mol. The van der Waals surface area contributed by atoms with E-state index in [0.717, 1.165) is 44.0 Å². The van der Waals surface area contributed by atoms with E-state index in [9.17, 15) is 0 Å². The van der Waals surface area contributed by atoms with Crippen LogP contribution in [0.15, 0.2) is 18.2 Å². The number of nitrogens with one attached hydrogen (secondary N) is 1. The van der Waals surface area contributed by atoms with Gasteiger partial charge in [0.1, 0.15) is 5.82 Å². The number of rotatable bonds is 7. The molecule has 0 amide bonds. The van der Waals surface area contributed by atoms with Crippen LogP contribution in [-0.2, 0) is 6.54 Å². The first kappa shape index (κ1) is 13.0. The quantitative estimate of drug-likeness (QED) is 0.766. The fourth-order valence-electron chi connectivity index (χ4n) is 1.80. The molecule has 16 heavy (non-hydrogen) atoms. The second kappa shape index (κ2) is 7.23. The smallest absolute Gasteiger partial charge is 0.128 e. The summed E-state index contributed by atoms with van der Waals surface area (Å²) in [4.78, 5) is 7.02. The normalized spacial score (nSPS) is 10.4. The fourth-order valence-corrected chi connectivity index (χ4v) is 1.80. The van der Waals surface area contributed by atoms with Gasteiger partial charge in [-0.05, 0) is 32.0 Å². The van der Waals surface area contributed by atoms with Gasteiger partial charge in [0.05, 0.1) is 5.69 Å². The van der Waals surface area contributed by atoms with Crippen LogP contribution in [0.2, 0.25) is 0 Å². The van der Waals surface area contributed by atoms with Crippen molar-refractivity contribution >= 4 is 5.82 Å². The standard InChI is InChI=1S/C13H23N3/c1-4-9-16(10-5-2)13-8-6-7-12(15-13)11-14-3/h6-8,14H,4-5,9-11H2,1-3H3. The molecule has 0 aliphatic heterocycles. The molecular formula is C13H23N3. The highest BCUT2D eigenvalue weighted by molar-refractivity contribution is 5.39.